The second-order valence-electron chi connectivity index (χ2n) is 8.30. The zero-order chi connectivity index (χ0) is 23.0. The topological polar surface area (TPSA) is 114 Å². The maximum atomic E-state index is 13.1. The van der Waals surface area contributed by atoms with Crippen LogP contribution in [0.15, 0.2) is 64.3 Å². The molecule has 170 valence electrons. The van der Waals surface area contributed by atoms with E-state index in [9.17, 15) is 13.2 Å². The summed E-state index contributed by atoms with van der Waals surface area (Å²) < 4.78 is 29.3. The number of nitrogens with one attached hydrogen (secondary N) is 1. The lowest BCUT2D eigenvalue weighted by molar-refractivity contribution is 0.313. The minimum absolute atomic E-state index is 0.0505. The Labute approximate surface area is 191 Å². The summed E-state index contributed by atoms with van der Waals surface area (Å²) in [6.07, 6.45) is 1.14. The fourth-order valence-electron chi connectivity index (χ4n) is 4.29. The van der Waals surface area contributed by atoms with Gasteiger partial charge in [-0.15, -0.1) is 5.10 Å². The van der Waals surface area contributed by atoms with Crippen LogP contribution >= 0.6 is 0 Å². The zero-order valence-corrected chi connectivity index (χ0v) is 19.0. The van der Waals surface area contributed by atoms with Gasteiger partial charge in [0.25, 0.3) is 5.56 Å². The average Bonchev–Trinajstić information content (AvgIpc) is 3.23. The molecule has 0 radical (unpaired) electrons. The Morgan fingerprint density at radius 1 is 1.03 bits per heavy atom. The number of fused-ring (bicyclic) bond motifs is 1. The molecule has 3 heterocycles. The van der Waals surface area contributed by atoms with Crippen LogP contribution in [-0.2, 0) is 16.6 Å². The Kier molecular flexibility index (Phi) is 5.55. The Bertz CT molecular complexity index is 1450. The van der Waals surface area contributed by atoms with Crippen LogP contribution in [0.2, 0.25) is 0 Å². The van der Waals surface area contributed by atoms with Crippen LogP contribution in [0.1, 0.15) is 35.7 Å². The molecule has 0 spiro atoms. The standard InChI is InChI=1S/C23H24N6O3S/c1-16-7-5-6-10-19(16)33(31,32)28-13-11-18(12-14-28)21-24-22-20(23(30)25-21)26-27-29(22)15-17-8-3-2-4-9-17/h2-10,18H,11-15H2,1H3,(H,24,25,30). The SMILES string of the molecule is Cc1ccccc1S(=O)(=O)N1CCC(c2nc3c(nnn3Cc3ccccc3)c(=O)[nH]2)CC1. The van der Waals surface area contributed by atoms with Gasteiger partial charge in [-0.1, -0.05) is 53.7 Å². The van der Waals surface area contributed by atoms with Crippen LogP contribution in [0.3, 0.4) is 0 Å². The molecule has 1 saturated heterocycles. The third kappa shape index (κ3) is 4.07. The molecule has 9 nitrogen and oxygen atoms in total. The smallest absolute Gasteiger partial charge is 0.281 e. The van der Waals surface area contributed by atoms with E-state index in [-0.39, 0.29) is 17.0 Å². The van der Waals surface area contributed by atoms with Crippen LogP contribution in [0.5, 0.6) is 0 Å². The molecule has 1 aliphatic heterocycles. The summed E-state index contributed by atoms with van der Waals surface area (Å²) in [6.45, 7) is 2.99. The highest BCUT2D eigenvalue weighted by atomic mass is 32.2. The first-order chi connectivity index (χ1) is 15.9. The second kappa shape index (κ2) is 8.53. The van der Waals surface area contributed by atoms with Crippen molar-refractivity contribution in [3.05, 3.63) is 81.9 Å². The van der Waals surface area contributed by atoms with E-state index in [1.807, 2.05) is 36.4 Å². The van der Waals surface area contributed by atoms with Crippen molar-refractivity contribution in [2.24, 2.45) is 0 Å². The first kappa shape index (κ1) is 21.5. The highest BCUT2D eigenvalue weighted by Gasteiger charge is 2.32. The third-order valence-electron chi connectivity index (χ3n) is 6.12. The molecule has 0 bridgehead atoms. The average molecular weight is 465 g/mol. The summed E-state index contributed by atoms with van der Waals surface area (Å²) in [5.74, 6) is 0.502. The number of nitrogens with zero attached hydrogens (tertiary/aromatic N) is 5. The number of aryl methyl sites for hydroxylation is 1. The molecule has 0 atom stereocenters. The lowest BCUT2D eigenvalue weighted by Gasteiger charge is -2.31. The van der Waals surface area contributed by atoms with Crippen molar-refractivity contribution in [2.75, 3.05) is 13.1 Å². The maximum absolute atomic E-state index is 13.1. The predicted octanol–water partition coefficient (Wildman–Crippen LogP) is 2.44. The van der Waals surface area contributed by atoms with Gasteiger partial charge in [0.05, 0.1) is 11.4 Å². The fraction of sp³-hybridized carbons (Fsp3) is 0.304. The van der Waals surface area contributed by atoms with Crippen LogP contribution in [-0.4, -0.2) is 50.8 Å². The summed E-state index contributed by atoms with van der Waals surface area (Å²) in [7, 11) is -3.56. The summed E-state index contributed by atoms with van der Waals surface area (Å²) in [4.78, 5) is 20.5. The summed E-state index contributed by atoms with van der Waals surface area (Å²) >= 11 is 0. The van der Waals surface area contributed by atoms with Crippen molar-refractivity contribution in [1.29, 1.82) is 0 Å². The van der Waals surface area contributed by atoms with Crippen molar-refractivity contribution >= 4 is 21.2 Å². The van der Waals surface area contributed by atoms with Gasteiger partial charge in [0.2, 0.25) is 10.0 Å². The molecule has 1 aliphatic rings. The Morgan fingerprint density at radius 2 is 1.73 bits per heavy atom. The molecule has 0 amide bonds. The molecule has 0 unspecified atom stereocenters. The van der Waals surface area contributed by atoms with E-state index >= 15 is 0 Å². The van der Waals surface area contributed by atoms with E-state index in [2.05, 4.69) is 20.3 Å². The van der Waals surface area contributed by atoms with E-state index in [4.69, 9.17) is 0 Å². The van der Waals surface area contributed by atoms with E-state index in [0.717, 1.165) is 11.1 Å². The van der Waals surface area contributed by atoms with Gasteiger partial charge < -0.3 is 4.98 Å². The van der Waals surface area contributed by atoms with Crippen molar-refractivity contribution in [3.8, 4) is 0 Å². The largest absolute Gasteiger partial charge is 0.308 e. The summed E-state index contributed by atoms with van der Waals surface area (Å²) in [6, 6.07) is 16.8. The van der Waals surface area contributed by atoms with E-state index < -0.39 is 10.0 Å². The number of hydrogen-bond acceptors (Lipinski definition) is 6. The molecular formula is C23H24N6O3S. The monoisotopic (exact) mass is 464 g/mol. The van der Waals surface area contributed by atoms with E-state index in [1.165, 1.54) is 4.31 Å². The lowest BCUT2D eigenvalue weighted by atomic mass is 9.97. The molecule has 0 saturated carbocycles. The van der Waals surface area contributed by atoms with Gasteiger partial charge in [0, 0.05) is 19.0 Å². The van der Waals surface area contributed by atoms with Gasteiger partial charge in [-0.05, 0) is 37.0 Å². The van der Waals surface area contributed by atoms with Crippen molar-refractivity contribution in [2.45, 2.75) is 37.1 Å². The molecule has 1 N–H and O–H groups in total. The lowest BCUT2D eigenvalue weighted by Crippen LogP contribution is -2.38. The number of aromatic nitrogens is 5. The van der Waals surface area contributed by atoms with Gasteiger partial charge in [-0.25, -0.2) is 18.1 Å². The molecule has 5 rings (SSSR count). The number of hydrogen-bond donors (Lipinski definition) is 1. The Morgan fingerprint density at radius 3 is 2.45 bits per heavy atom. The fourth-order valence-corrected chi connectivity index (χ4v) is 5.99. The number of benzene rings is 2. The number of aromatic amines is 1. The van der Waals surface area contributed by atoms with Crippen molar-refractivity contribution < 1.29 is 8.42 Å². The highest BCUT2D eigenvalue weighted by Crippen LogP contribution is 2.30. The highest BCUT2D eigenvalue weighted by molar-refractivity contribution is 7.89. The van der Waals surface area contributed by atoms with E-state index in [0.29, 0.717) is 48.8 Å². The molecule has 0 aliphatic carbocycles. The van der Waals surface area contributed by atoms with Crippen LogP contribution < -0.4 is 5.56 Å². The van der Waals surface area contributed by atoms with Gasteiger partial charge in [-0.3, -0.25) is 4.79 Å². The molecule has 10 heteroatoms. The third-order valence-corrected chi connectivity index (χ3v) is 8.18. The van der Waals surface area contributed by atoms with Crippen molar-refractivity contribution in [3.63, 3.8) is 0 Å². The first-order valence-corrected chi connectivity index (χ1v) is 12.3. The quantitative estimate of drug-likeness (QED) is 0.485. The number of piperidine rings is 1. The molecule has 4 aromatic rings. The van der Waals surface area contributed by atoms with Crippen LogP contribution in [0, 0.1) is 6.92 Å². The van der Waals surface area contributed by atoms with Crippen LogP contribution in [0.25, 0.3) is 11.2 Å². The minimum atomic E-state index is -3.56. The Hall–Kier alpha value is -3.37. The normalized spacial score (nSPS) is 15.8. The zero-order valence-electron chi connectivity index (χ0n) is 18.2. The molecule has 33 heavy (non-hydrogen) atoms. The summed E-state index contributed by atoms with van der Waals surface area (Å²) in [5, 5.41) is 8.13. The molecule has 1 fully saturated rings. The molecule has 2 aromatic carbocycles. The predicted molar refractivity (Wildman–Crippen MR) is 123 cm³/mol. The van der Waals surface area contributed by atoms with Crippen LogP contribution in [0.4, 0.5) is 0 Å². The van der Waals surface area contributed by atoms with E-state index in [1.54, 1.807) is 29.8 Å². The minimum Gasteiger partial charge on any atom is -0.308 e. The Balaban J connectivity index is 1.38. The van der Waals surface area contributed by atoms with Crippen molar-refractivity contribution in [1.82, 2.24) is 29.3 Å². The first-order valence-electron chi connectivity index (χ1n) is 10.9. The summed E-state index contributed by atoms with van der Waals surface area (Å²) in [5.41, 5.74) is 2.07. The van der Waals surface area contributed by atoms with Gasteiger partial charge >= 0.3 is 0 Å². The molecule has 2 aromatic heterocycles. The number of sulfonamides is 1. The van der Waals surface area contributed by atoms with Gasteiger partial charge in [0.15, 0.2) is 11.2 Å². The maximum Gasteiger partial charge on any atom is 0.281 e. The molecular weight excluding hydrogens is 440 g/mol. The number of rotatable bonds is 5. The van der Waals surface area contributed by atoms with Gasteiger partial charge in [-0.2, -0.15) is 4.31 Å². The number of H-pyrrole nitrogens is 1. The van der Waals surface area contributed by atoms with Gasteiger partial charge in [0.1, 0.15) is 5.82 Å². The second-order valence-corrected chi connectivity index (χ2v) is 10.2.